The molecule has 17 heavy (non-hydrogen) atoms. The van der Waals surface area contributed by atoms with E-state index in [4.69, 9.17) is 5.73 Å². The van der Waals surface area contributed by atoms with Crippen LogP contribution in [0.15, 0.2) is 0 Å². The van der Waals surface area contributed by atoms with Crippen LogP contribution in [0.5, 0.6) is 0 Å². The Balaban J connectivity index is 2.60. The smallest absolute Gasteiger partial charge is 0.226 e. The molecule has 0 spiro atoms. The van der Waals surface area contributed by atoms with E-state index in [9.17, 15) is 16.8 Å². The Bertz CT molecular complexity index is 449. The summed E-state index contributed by atoms with van der Waals surface area (Å²) >= 11 is 0. The fraction of sp³-hybridized carbons (Fsp3) is 1.00. The third-order valence-corrected chi connectivity index (χ3v) is 6.67. The van der Waals surface area contributed by atoms with Crippen molar-refractivity contribution in [2.24, 2.45) is 11.1 Å². The number of sulfonamides is 1. The van der Waals surface area contributed by atoms with Crippen LogP contribution in [-0.2, 0) is 19.9 Å². The van der Waals surface area contributed by atoms with Crippen LogP contribution in [0.1, 0.15) is 25.7 Å². The van der Waals surface area contributed by atoms with Crippen LogP contribution in [0.2, 0.25) is 0 Å². The van der Waals surface area contributed by atoms with E-state index in [-0.39, 0.29) is 12.0 Å². The highest BCUT2D eigenvalue weighted by atomic mass is 32.3. The van der Waals surface area contributed by atoms with E-state index in [1.165, 1.54) is 0 Å². The zero-order chi connectivity index (χ0) is 13.2. The van der Waals surface area contributed by atoms with Crippen LogP contribution in [0.25, 0.3) is 0 Å². The highest BCUT2D eigenvalue weighted by Crippen LogP contribution is 2.36. The van der Waals surface area contributed by atoms with E-state index in [2.05, 4.69) is 4.72 Å². The van der Waals surface area contributed by atoms with E-state index in [1.807, 2.05) is 0 Å². The van der Waals surface area contributed by atoms with Crippen molar-refractivity contribution in [3.8, 4) is 0 Å². The molecule has 0 amide bonds. The standard InChI is InChI=1S/C9H20N2O4S2/c1-16(12,13)8-17(14,15)11-7-9(6-10)4-2-3-5-9/h11H,2-8,10H2,1H3. The lowest BCUT2D eigenvalue weighted by Crippen LogP contribution is -2.42. The Morgan fingerprint density at radius 3 is 2.12 bits per heavy atom. The molecule has 1 fully saturated rings. The van der Waals surface area contributed by atoms with Gasteiger partial charge in [0.1, 0.15) is 0 Å². The summed E-state index contributed by atoms with van der Waals surface area (Å²) in [6.07, 6.45) is 4.78. The molecular weight excluding hydrogens is 264 g/mol. The fourth-order valence-electron chi connectivity index (χ4n) is 2.16. The summed E-state index contributed by atoms with van der Waals surface area (Å²) in [5.74, 6) is 0. The molecule has 1 rings (SSSR count). The summed E-state index contributed by atoms with van der Waals surface area (Å²) in [5, 5.41) is -0.860. The van der Waals surface area contributed by atoms with E-state index in [0.29, 0.717) is 6.54 Å². The minimum atomic E-state index is -3.77. The Morgan fingerprint density at radius 1 is 1.18 bits per heavy atom. The van der Waals surface area contributed by atoms with Crippen LogP contribution in [0.4, 0.5) is 0 Å². The average Bonchev–Trinajstić information content (AvgIpc) is 2.60. The molecular formula is C9H20N2O4S2. The number of rotatable bonds is 6. The molecule has 0 saturated heterocycles. The first kappa shape index (κ1) is 14.9. The predicted octanol–water partition coefficient (Wildman–Crippen LogP) is -0.573. The van der Waals surface area contributed by atoms with E-state index in [1.54, 1.807) is 0 Å². The van der Waals surface area contributed by atoms with Crippen LogP contribution in [0.3, 0.4) is 0 Å². The molecule has 1 aliphatic carbocycles. The van der Waals surface area contributed by atoms with Gasteiger partial charge in [-0.25, -0.2) is 21.6 Å². The predicted molar refractivity (Wildman–Crippen MR) is 66.6 cm³/mol. The fourth-order valence-corrected chi connectivity index (χ4v) is 5.28. The summed E-state index contributed by atoms with van der Waals surface area (Å²) in [4.78, 5) is 0. The Hall–Kier alpha value is -0.180. The molecule has 0 atom stereocenters. The molecule has 0 heterocycles. The van der Waals surface area contributed by atoms with E-state index < -0.39 is 24.9 Å². The minimum absolute atomic E-state index is 0.190. The lowest BCUT2D eigenvalue weighted by atomic mass is 9.87. The van der Waals surface area contributed by atoms with Crippen molar-refractivity contribution < 1.29 is 16.8 Å². The molecule has 3 N–H and O–H groups in total. The number of hydrogen-bond acceptors (Lipinski definition) is 5. The zero-order valence-corrected chi connectivity index (χ0v) is 11.6. The van der Waals surface area contributed by atoms with Gasteiger partial charge in [0.2, 0.25) is 10.0 Å². The van der Waals surface area contributed by atoms with Crippen molar-refractivity contribution in [1.29, 1.82) is 0 Å². The lowest BCUT2D eigenvalue weighted by molar-refractivity contribution is 0.309. The van der Waals surface area contributed by atoms with Gasteiger partial charge in [-0.3, -0.25) is 0 Å². The molecule has 0 radical (unpaired) electrons. The third-order valence-electron chi connectivity index (χ3n) is 3.13. The van der Waals surface area contributed by atoms with Gasteiger partial charge in [0.15, 0.2) is 14.9 Å². The van der Waals surface area contributed by atoms with Crippen LogP contribution < -0.4 is 10.5 Å². The minimum Gasteiger partial charge on any atom is -0.330 e. The first-order valence-corrected chi connectivity index (χ1v) is 9.25. The van der Waals surface area contributed by atoms with Crippen molar-refractivity contribution in [2.75, 3.05) is 24.4 Å². The molecule has 102 valence electrons. The molecule has 8 heteroatoms. The molecule has 1 saturated carbocycles. The van der Waals surface area contributed by atoms with Gasteiger partial charge in [0.25, 0.3) is 0 Å². The maximum absolute atomic E-state index is 11.5. The molecule has 0 aliphatic heterocycles. The monoisotopic (exact) mass is 284 g/mol. The van der Waals surface area contributed by atoms with Gasteiger partial charge < -0.3 is 5.73 Å². The van der Waals surface area contributed by atoms with E-state index >= 15 is 0 Å². The van der Waals surface area contributed by atoms with Crippen LogP contribution in [0, 0.1) is 5.41 Å². The lowest BCUT2D eigenvalue weighted by Gasteiger charge is -2.27. The van der Waals surface area contributed by atoms with Crippen LogP contribution >= 0.6 is 0 Å². The van der Waals surface area contributed by atoms with Crippen molar-refractivity contribution in [1.82, 2.24) is 4.72 Å². The SMILES string of the molecule is CS(=O)(=O)CS(=O)(=O)NCC1(CN)CCCC1. The largest absolute Gasteiger partial charge is 0.330 e. The maximum atomic E-state index is 11.5. The molecule has 0 unspecified atom stereocenters. The molecule has 0 aromatic carbocycles. The van der Waals surface area contributed by atoms with Gasteiger partial charge in [-0.1, -0.05) is 12.8 Å². The normalized spacial score (nSPS) is 20.6. The van der Waals surface area contributed by atoms with Crippen LogP contribution in [-0.4, -0.2) is 41.3 Å². The molecule has 0 aromatic rings. The van der Waals surface area contributed by atoms with Crippen molar-refractivity contribution in [2.45, 2.75) is 25.7 Å². The first-order chi connectivity index (χ1) is 7.68. The zero-order valence-electron chi connectivity index (χ0n) is 9.98. The van der Waals surface area contributed by atoms with Gasteiger partial charge in [-0.15, -0.1) is 0 Å². The summed E-state index contributed by atoms with van der Waals surface area (Å²) < 4.78 is 47.3. The topological polar surface area (TPSA) is 106 Å². The summed E-state index contributed by atoms with van der Waals surface area (Å²) in [5.41, 5.74) is 5.48. The van der Waals surface area contributed by atoms with Crippen molar-refractivity contribution >= 4 is 19.9 Å². The Labute approximate surface area is 103 Å². The molecule has 0 aromatic heterocycles. The molecule has 1 aliphatic rings. The summed E-state index contributed by atoms with van der Waals surface area (Å²) in [6, 6.07) is 0. The van der Waals surface area contributed by atoms with Crippen molar-refractivity contribution in [3.63, 3.8) is 0 Å². The maximum Gasteiger partial charge on any atom is 0.226 e. The molecule has 6 nitrogen and oxygen atoms in total. The van der Waals surface area contributed by atoms with Gasteiger partial charge in [-0.05, 0) is 24.8 Å². The number of hydrogen-bond donors (Lipinski definition) is 2. The Kier molecular flexibility index (Phi) is 4.56. The second-order valence-corrected chi connectivity index (χ2v) is 9.20. The highest BCUT2D eigenvalue weighted by molar-refractivity contribution is 8.06. The third kappa shape index (κ3) is 4.90. The van der Waals surface area contributed by atoms with Gasteiger partial charge in [0.05, 0.1) is 0 Å². The van der Waals surface area contributed by atoms with Gasteiger partial charge in [-0.2, -0.15) is 0 Å². The summed E-state index contributed by atoms with van der Waals surface area (Å²) in [6.45, 7) is 0.662. The summed E-state index contributed by atoms with van der Waals surface area (Å²) in [7, 11) is -7.30. The average molecular weight is 284 g/mol. The Morgan fingerprint density at radius 2 is 1.71 bits per heavy atom. The number of sulfone groups is 1. The first-order valence-electron chi connectivity index (χ1n) is 5.53. The quantitative estimate of drug-likeness (QED) is 0.679. The van der Waals surface area contributed by atoms with Crippen molar-refractivity contribution in [3.05, 3.63) is 0 Å². The second kappa shape index (κ2) is 5.21. The molecule has 0 bridgehead atoms. The van der Waals surface area contributed by atoms with E-state index in [0.717, 1.165) is 31.9 Å². The van der Waals surface area contributed by atoms with Gasteiger partial charge in [0, 0.05) is 12.8 Å². The second-order valence-electron chi connectivity index (χ2n) is 4.89. The highest BCUT2D eigenvalue weighted by Gasteiger charge is 2.33. The number of nitrogens with two attached hydrogens (primary N) is 1. The number of nitrogens with one attached hydrogen (secondary N) is 1. The van der Waals surface area contributed by atoms with Gasteiger partial charge >= 0.3 is 0 Å².